The number of hydrogen-bond donors (Lipinski definition) is 1. The highest BCUT2D eigenvalue weighted by molar-refractivity contribution is 8.01. The highest BCUT2D eigenvalue weighted by atomic mass is 32.2. The Morgan fingerprint density at radius 2 is 2.07 bits per heavy atom. The van der Waals surface area contributed by atoms with Gasteiger partial charge in [-0.2, -0.15) is 0 Å². The second-order valence-corrected chi connectivity index (χ2v) is 4.31. The van der Waals surface area contributed by atoms with Crippen LogP contribution in [0.5, 0.6) is 0 Å². The number of carboxylic acid groups (broad SMARTS) is 1. The van der Waals surface area contributed by atoms with Crippen LogP contribution in [-0.4, -0.2) is 34.7 Å². The summed E-state index contributed by atoms with van der Waals surface area (Å²) in [6.45, 7) is 4.23. The molecular weight excluding hydrogens is 216 g/mol. The van der Waals surface area contributed by atoms with E-state index >= 15 is 0 Å². The lowest BCUT2D eigenvalue weighted by Gasteiger charge is -2.08. The maximum atomic E-state index is 11.1. The number of hydrogen-bond acceptors (Lipinski definition) is 4. The Bertz CT molecular complexity index is 206. The molecule has 0 rings (SSSR count). The first-order valence-electron chi connectivity index (χ1n) is 5.11. The third kappa shape index (κ3) is 7.25. The zero-order valence-electron chi connectivity index (χ0n) is 9.19. The van der Waals surface area contributed by atoms with Gasteiger partial charge in [-0.3, -0.25) is 9.59 Å². The smallest absolute Gasteiger partial charge is 0.316 e. The van der Waals surface area contributed by atoms with E-state index in [1.807, 2.05) is 6.92 Å². The number of carbonyl (C=O) groups is 2. The van der Waals surface area contributed by atoms with Crippen LogP contribution >= 0.6 is 11.8 Å². The van der Waals surface area contributed by atoms with Crippen LogP contribution in [0.15, 0.2) is 0 Å². The van der Waals surface area contributed by atoms with Gasteiger partial charge in [0, 0.05) is 0 Å². The molecule has 0 aromatic carbocycles. The zero-order chi connectivity index (χ0) is 11.7. The van der Waals surface area contributed by atoms with E-state index in [2.05, 4.69) is 0 Å². The summed E-state index contributed by atoms with van der Waals surface area (Å²) in [6.07, 6.45) is 2.35. The zero-order valence-corrected chi connectivity index (χ0v) is 10.0. The van der Waals surface area contributed by atoms with Crippen LogP contribution in [0.4, 0.5) is 0 Å². The summed E-state index contributed by atoms with van der Waals surface area (Å²) in [5, 5.41) is 8.22. The molecule has 1 N–H and O–H groups in total. The van der Waals surface area contributed by atoms with Gasteiger partial charge in [0.2, 0.25) is 0 Å². The standard InChI is InChI=1S/C10H18O4S/c1-3-5-6-14-9(11)7-15-8(4-2)10(12)13/h8H,3-7H2,1-2H3,(H,12,13). The number of carbonyl (C=O) groups excluding carboxylic acids is 1. The van der Waals surface area contributed by atoms with Gasteiger partial charge in [-0.15, -0.1) is 11.8 Å². The van der Waals surface area contributed by atoms with Crippen LogP contribution < -0.4 is 0 Å². The number of esters is 1. The van der Waals surface area contributed by atoms with E-state index in [0.717, 1.165) is 24.6 Å². The van der Waals surface area contributed by atoms with Crippen molar-refractivity contribution >= 4 is 23.7 Å². The molecule has 0 heterocycles. The Hall–Kier alpha value is -0.710. The lowest BCUT2D eigenvalue weighted by Crippen LogP contribution is -2.18. The highest BCUT2D eigenvalue weighted by Gasteiger charge is 2.17. The molecule has 0 aliphatic carbocycles. The van der Waals surface area contributed by atoms with Crippen LogP contribution in [0, 0.1) is 0 Å². The van der Waals surface area contributed by atoms with Crippen LogP contribution in [-0.2, 0) is 14.3 Å². The fourth-order valence-electron chi connectivity index (χ4n) is 0.904. The number of thioether (sulfide) groups is 1. The Kier molecular flexibility index (Phi) is 8.18. The minimum atomic E-state index is -0.871. The SMILES string of the molecule is CCCCOC(=O)CSC(CC)C(=O)O. The first-order valence-corrected chi connectivity index (χ1v) is 6.16. The normalized spacial score (nSPS) is 12.1. The highest BCUT2D eigenvalue weighted by Crippen LogP contribution is 2.14. The summed E-state index contributed by atoms with van der Waals surface area (Å²) in [7, 11) is 0. The van der Waals surface area contributed by atoms with Crippen molar-refractivity contribution in [3.05, 3.63) is 0 Å². The molecule has 0 fully saturated rings. The largest absolute Gasteiger partial charge is 0.480 e. The Morgan fingerprint density at radius 3 is 2.53 bits per heavy atom. The molecule has 5 heteroatoms. The molecule has 0 aliphatic rings. The summed E-state index contributed by atoms with van der Waals surface area (Å²) in [6, 6.07) is 0. The molecular formula is C10H18O4S. The van der Waals surface area contributed by atoms with Crippen LogP contribution in [0.25, 0.3) is 0 Å². The maximum Gasteiger partial charge on any atom is 0.316 e. The van der Waals surface area contributed by atoms with Gasteiger partial charge >= 0.3 is 11.9 Å². The summed E-state index contributed by atoms with van der Waals surface area (Å²) in [5.41, 5.74) is 0. The van der Waals surface area contributed by atoms with E-state index in [1.165, 1.54) is 0 Å². The number of rotatable bonds is 8. The van der Waals surface area contributed by atoms with Gasteiger partial charge in [-0.05, 0) is 12.8 Å². The van der Waals surface area contributed by atoms with Gasteiger partial charge < -0.3 is 9.84 Å². The minimum absolute atomic E-state index is 0.120. The van der Waals surface area contributed by atoms with E-state index in [1.54, 1.807) is 6.92 Å². The van der Waals surface area contributed by atoms with Crippen LogP contribution in [0.2, 0.25) is 0 Å². The van der Waals surface area contributed by atoms with Crippen molar-refractivity contribution in [1.82, 2.24) is 0 Å². The van der Waals surface area contributed by atoms with Crippen molar-refractivity contribution < 1.29 is 19.4 Å². The molecule has 4 nitrogen and oxygen atoms in total. The molecule has 0 spiro atoms. The summed E-state index contributed by atoms with van der Waals surface area (Å²) >= 11 is 1.12. The third-order valence-electron chi connectivity index (χ3n) is 1.81. The van der Waals surface area contributed by atoms with Crippen molar-refractivity contribution in [2.75, 3.05) is 12.4 Å². The Balaban J connectivity index is 3.64. The Morgan fingerprint density at radius 1 is 1.40 bits per heavy atom. The van der Waals surface area contributed by atoms with E-state index in [-0.39, 0.29) is 11.7 Å². The molecule has 0 aromatic heterocycles. The summed E-state index contributed by atoms with van der Waals surface area (Å²) < 4.78 is 4.90. The van der Waals surface area contributed by atoms with Gasteiger partial charge in [-0.25, -0.2) is 0 Å². The second kappa shape index (κ2) is 8.59. The average Bonchev–Trinajstić information content (AvgIpc) is 2.18. The summed E-state index contributed by atoms with van der Waals surface area (Å²) in [5.74, 6) is -1.08. The second-order valence-electron chi connectivity index (χ2n) is 3.12. The molecule has 0 amide bonds. The molecule has 0 bridgehead atoms. The van der Waals surface area contributed by atoms with E-state index in [9.17, 15) is 9.59 Å². The molecule has 0 saturated heterocycles. The molecule has 0 saturated carbocycles. The first-order chi connectivity index (χ1) is 7.11. The molecule has 1 unspecified atom stereocenters. The fourth-order valence-corrected chi connectivity index (χ4v) is 1.70. The predicted octanol–water partition coefficient (Wildman–Crippen LogP) is 1.93. The van der Waals surface area contributed by atoms with Gasteiger partial charge in [0.05, 0.1) is 12.4 Å². The fraction of sp³-hybridized carbons (Fsp3) is 0.800. The van der Waals surface area contributed by atoms with Crippen molar-refractivity contribution in [2.45, 2.75) is 38.4 Å². The number of unbranched alkanes of at least 4 members (excludes halogenated alkanes) is 1. The molecule has 15 heavy (non-hydrogen) atoms. The molecule has 88 valence electrons. The molecule has 1 atom stereocenters. The average molecular weight is 234 g/mol. The predicted molar refractivity (Wildman–Crippen MR) is 60.0 cm³/mol. The van der Waals surface area contributed by atoms with Crippen molar-refractivity contribution in [3.8, 4) is 0 Å². The molecule has 0 aromatic rings. The van der Waals surface area contributed by atoms with E-state index in [0.29, 0.717) is 13.0 Å². The van der Waals surface area contributed by atoms with Crippen LogP contribution in [0.3, 0.4) is 0 Å². The van der Waals surface area contributed by atoms with Crippen LogP contribution in [0.1, 0.15) is 33.1 Å². The van der Waals surface area contributed by atoms with Crippen molar-refractivity contribution in [1.29, 1.82) is 0 Å². The summed E-state index contributed by atoms with van der Waals surface area (Å²) in [4.78, 5) is 21.8. The maximum absolute atomic E-state index is 11.1. The Labute approximate surface area is 94.4 Å². The number of aliphatic carboxylic acids is 1. The lowest BCUT2D eigenvalue weighted by atomic mass is 10.3. The van der Waals surface area contributed by atoms with Crippen molar-refractivity contribution in [2.24, 2.45) is 0 Å². The minimum Gasteiger partial charge on any atom is -0.480 e. The molecule has 0 aliphatic heterocycles. The topological polar surface area (TPSA) is 63.6 Å². The van der Waals surface area contributed by atoms with Gasteiger partial charge in [0.25, 0.3) is 0 Å². The monoisotopic (exact) mass is 234 g/mol. The van der Waals surface area contributed by atoms with E-state index in [4.69, 9.17) is 9.84 Å². The first kappa shape index (κ1) is 14.3. The number of ether oxygens (including phenoxy) is 1. The quantitative estimate of drug-likeness (QED) is 0.513. The van der Waals surface area contributed by atoms with E-state index < -0.39 is 11.2 Å². The van der Waals surface area contributed by atoms with Crippen molar-refractivity contribution in [3.63, 3.8) is 0 Å². The van der Waals surface area contributed by atoms with Gasteiger partial charge in [0.1, 0.15) is 5.25 Å². The molecule has 0 radical (unpaired) electrons. The van der Waals surface area contributed by atoms with Gasteiger partial charge in [0.15, 0.2) is 0 Å². The third-order valence-corrected chi connectivity index (χ3v) is 3.15. The van der Waals surface area contributed by atoms with Gasteiger partial charge in [-0.1, -0.05) is 20.3 Å². The number of carboxylic acids is 1. The lowest BCUT2D eigenvalue weighted by molar-refractivity contribution is -0.140.